The maximum absolute atomic E-state index is 12.6. The minimum Gasteiger partial charge on any atom is -0.493 e. The number of methoxy groups -OCH3 is 3. The molecule has 0 saturated heterocycles. The number of pyridine rings is 1. The molecule has 0 unspecified atom stereocenters. The number of allylic oxidation sites excluding steroid dienone is 2. The summed E-state index contributed by atoms with van der Waals surface area (Å²) >= 11 is 6.31. The van der Waals surface area contributed by atoms with E-state index in [-0.39, 0.29) is 5.56 Å². The molecule has 246 valence electrons. The van der Waals surface area contributed by atoms with Crippen LogP contribution in [0, 0.1) is 13.8 Å². The second kappa shape index (κ2) is 16.1. The summed E-state index contributed by atoms with van der Waals surface area (Å²) in [5.74, 6) is 2.36. The second-order valence-corrected chi connectivity index (χ2v) is 11.4. The van der Waals surface area contributed by atoms with Gasteiger partial charge in [0.1, 0.15) is 17.3 Å². The summed E-state index contributed by atoms with van der Waals surface area (Å²) in [6.07, 6.45) is 7.40. The van der Waals surface area contributed by atoms with Crippen molar-refractivity contribution in [2.75, 3.05) is 26.6 Å². The molecule has 3 aromatic carbocycles. The first-order valence-electron chi connectivity index (χ1n) is 15.3. The molecule has 4 aromatic rings. The molecule has 0 aliphatic carbocycles. The minimum absolute atomic E-state index is 0.161. The topological polar surface area (TPSA) is 99.1 Å². The standard InChI is InChI=1S/C38H41ClN2O6/c1-8-9-10-23(2)34-31(38(42)43)21-28(14-11-27-19-32(44-5)36(46-7)33(20-27)45-6)41-37(34)40-22-26-12-15-29(16-13-26)47-30-17-24(3)35(39)25(4)18-30/h10-21H,8-9,22H2,1-7H3,(H,40,41)(H,42,43)/b14-11+,23-10-. The predicted molar refractivity (Wildman–Crippen MR) is 190 cm³/mol. The molecule has 0 saturated carbocycles. The Kier molecular flexibility index (Phi) is 11.9. The number of ether oxygens (including phenoxy) is 4. The predicted octanol–water partition coefficient (Wildman–Crippen LogP) is 9.85. The van der Waals surface area contributed by atoms with E-state index in [0.717, 1.165) is 51.4 Å². The zero-order valence-electron chi connectivity index (χ0n) is 27.9. The number of aryl methyl sites for hydroxylation is 2. The first-order chi connectivity index (χ1) is 22.6. The Hall–Kier alpha value is -4.95. The molecular weight excluding hydrogens is 616 g/mol. The van der Waals surface area contributed by atoms with E-state index in [1.54, 1.807) is 33.5 Å². The number of halogens is 1. The average Bonchev–Trinajstić information content (AvgIpc) is 3.07. The van der Waals surface area contributed by atoms with Gasteiger partial charge in [-0.1, -0.05) is 49.2 Å². The van der Waals surface area contributed by atoms with Crippen LogP contribution in [0.5, 0.6) is 28.7 Å². The van der Waals surface area contributed by atoms with Crippen LogP contribution in [0.2, 0.25) is 5.02 Å². The SMILES string of the molecule is CCC/C=C(/C)c1c(C(=O)O)cc(/C=C/c2cc(OC)c(OC)c(OC)c2)nc1NCc1ccc(Oc2cc(C)c(Cl)c(C)c2)cc1. The van der Waals surface area contributed by atoms with Crippen LogP contribution in [0.3, 0.4) is 0 Å². The quantitative estimate of drug-likeness (QED) is 0.138. The van der Waals surface area contributed by atoms with E-state index in [2.05, 4.69) is 12.2 Å². The van der Waals surface area contributed by atoms with E-state index in [0.29, 0.717) is 46.6 Å². The van der Waals surface area contributed by atoms with Gasteiger partial charge < -0.3 is 29.4 Å². The summed E-state index contributed by atoms with van der Waals surface area (Å²) in [5, 5.41) is 14.4. The van der Waals surface area contributed by atoms with Crippen molar-refractivity contribution in [1.29, 1.82) is 0 Å². The number of nitrogens with zero attached hydrogens (tertiary/aromatic N) is 1. The van der Waals surface area contributed by atoms with Gasteiger partial charge in [0, 0.05) is 17.1 Å². The van der Waals surface area contributed by atoms with Crippen LogP contribution in [0.25, 0.3) is 17.7 Å². The lowest BCUT2D eigenvalue weighted by Crippen LogP contribution is -2.11. The van der Waals surface area contributed by atoms with Crippen LogP contribution in [-0.2, 0) is 6.54 Å². The highest BCUT2D eigenvalue weighted by molar-refractivity contribution is 6.32. The van der Waals surface area contributed by atoms with Crippen LogP contribution < -0.4 is 24.3 Å². The molecule has 0 bridgehead atoms. The van der Waals surface area contributed by atoms with Gasteiger partial charge in [-0.3, -0.25) is 0 Å². The third-order valence-corrected chi connectivity index (χ3v) is 8.16. The lowest BCUT2D eigenvalue weighted by atomic mass is 9.99. The maximum Gasteiger partial charge on any atom is 0.336 e. The van der Waals surface area contributed by atoms with Gasteiger partial charge in [0.15, 0.2) is 11.5 Å². The summed E-state index contributed by atoms with van der Waals surface area (Å²) in [6.45, 7) is 8.32. The van der Waals surface area contributed by atoms with Crippen LogP contribution in [0.4, 0.5) is 5.82 Å². The number of hydrogen-bond donors (Lipinski definition) is 2. The summed E-state index contributed by atoms with van der Waals surface area (Å²) < 4.78 is 22.5. The highest BCUT2D eigenvalue weighted by Gasteiger charge is 2.19. The Morgan fingerprint density at radius 3 is 2.11 bits per heavy atom. The van der Waals surface area contributed by atoms with E-state index in [1.165, 1.54) is 0 Å². The number of hydrogen-bond acceptors (Lipinski definition) is 7. The summed E-state index contributed by atoms with van der Waals surface area (Å²) in [4.78, 5) is 17.4. The molecule has 1 aromatic heterocycles. The van der Waals surface area contributed by atoms with Gasteiger partial charge in [-0.05, 0) is 104 Å². The van der Waals surface area contributed by atoms with Crippen molar-refractivity contribution in [2.45, 2.75) is 47.1 Å². The molecule has 0 fully saturated rings. The van der Waals surface area contributed by atoms with Crippen LogP contribution in [0.15, 0.2) is 60.7 Å². The minimum atomic E-state index is -1.04. The molecule has 0 aliphatic rings. The molecule has 0 aliphatic heterocycles. The van der Waals surface area contributed by atoms with Crippen LogP contribution in [-0.4, -0.2) is 37.4 Å². The number of anilines is 1. The number of aromatic nitrogens is 1. The molecule has 4 rings (SSSR count). The number of benzene rings is 3. The largest absolute Gasteiger partial charge is 0.493 e. The van der Waals surface area contributed by atoms with Crippen molar-refractivity contribution in [3.8, 4) is 28.7 Å². The van der Waals surface area contributed by atoms with E-state index in [1.807, 2.05) is 81.5 Å². The summed E-state index contributed by atoms with van der Waals surface area (Å²) in [5.41, 5.74) is 5.69. The van der Waals surface area contributed by atoms with Gasteiger partial charge in [-0.15, -0.1) is 0 Å². The van der Waals surface area contributed by atoms with Gasteiger partial charge in [0.25, 0.3) is 0 Å². The van der Waals surface area contributed by atoms with Crippen molar-refractivity contribution < 1.29 is 28.8 Å². The van der Waals surface area contributed by atoms with Crippen molar-refractivity contribution in [3.05, 3.63) is 105 Å². The third-order valence-electron chi connectivity index (χ3n) is 7.57. The number of carboxylic acids is 1. The number of carboxylic acid groups (broad SMARTS) is 1. The average molecular weight is 657 g/mol. The molecule has 0 atom stereocenters. The molecule has 2 N–H and O–H groups in total. The molecule has 47 heavy (non-hydrogen) atoms. The Morgan fingerprint density at radius 2 is 1.55 bits per heavy atom. The number of rotatable bonds is 14. The van der Waals surface area contributed by atoms with Gasteiger partial charge in [0.05, 0.1) is 32.6 Å². The highest BCUT2D eigenvalue weighted by atomic mass is 35.5. The van der Waals surface area contributed by atoms with Crippen molar-refractivity contribution in [2.24, 2.45) is 0 Å². The van der Waals surface area contributed by atoms with E-state index < -0.39 is 5.97 Å². The summed E-state index contributed by atoms with van der Waals surface area (Å²) in [6, 6.07) is 16.8. The Balaban J connectivity index is 1.66. The molecule has 1 heterocycles. The molecule has 8 nitrogen and oxygen atoms in total. The number of aromatic carboxylic acids is 1. The van der Waals surface area contributed by atoms with E-state index in [4.69, 9.17) is 35.5 Å². The van der Waals surface area contributed by atoms with E-state index in [9.17, 15) is 9.90 Å². The maximum atomic E-state index is 12.6. The zero-order chi connectivity index (χ0) is 34.1. The Morgan fingerprint density at radius 1 is 0.915 bits per heavy atom. The molecule has 9 heteroatoms. The lowest BCUT2D eigenvalue weighted by molar-refractivity contribution is 0.0696. The fourth-order valence-electron chi connectivity index (χ4n) is 5.15. The van der Waals surface area contributed by atoms with Crippen molar-refractivity contribution >= 4 is 41.1 Å². The molecular formula is C38H41ClN2O6. The Labute approximate surface area is 281 Å². The number of nitrogens with one attached hydrogen (secondary N) is 1. The van der Waals surface area contributed by atoms with E-state index >= 15 is 0 Å². The summed E-state index contributed by atoms with van der Waals surface area (Å²) in [7, 11) is 4.65. The lowest BCUT2D eigenvalue weighted by Gasteiger charge is -2.16. The number of carbonyl (C=O) groups is 1. The van der Waals surface area contributed by atoms with Crippen molar-refractivity contribution in [3.63, 3.8) is 0 Å². The fraction of sp³-hybridized carbons (Fsp3) is 0.263. The monoisotopic (exact) mass is 656 g/mol. The zero-order valence-corrected chi connectivity index (χ0v) is 28.6. The molecule has 0 amide bonds. The van der Waals surface area contributed by atoms with Crippen molar-refractivity contribution in [1.82, 2.24) is 4.98 Å². The fourth-order valence-corrected chi connectivity index (χ4v) is 5.26. The molecule has 0 radical (unpaired) electrons. The van der Waals surface area contributed by atoms with Crippen LogP contribution >= 0.6 is 11.6 Å². The number of unbranched alkanes of at least 4 members (excludes halogenated alkanes) is 1. The smallest absolute Gasteiger partial charge is 0.336 e. The van der Waals surface area contributed by atoms with Gasteiger partial charge in [0.2, 0.25) is 5.75 Å². The van der Waals surface area contributed by atoms with Gasteiger partial charge in [-0.2, -0.15) is 0 Å². The molecule has 0 spiro atoms. The van der Waals surface area contributed by atoms with Crippen LogP contribution in [0.1, 0.15) is 70.6 Å². The van der Waals surface area contributed by atoms with Gasteiger partial charge in [-0.25, -0.2) is 9.78 Å². The Bertz CT molecular complexity index is 1750. The third kappa shape index (κ3) is 8.65. The second-order valence-electron chi connectivity index (χ2n) is 11.1. The first-order valence-corrected chi connectivity index (χ1v) is 15.7. The van der Waals surface area contributed by atoms with Gasteiger partial charge >= 0.3 is 5.97 Å². The highest BCUT2D eigenvalue weighted by Crippen LogP contribution is 2.39. The first kappa shape index (κ1) is 34.9. The normalized spacial score (nSPS) is 11.4.